The minimum absolute atomic E-state index is 0.580. The molecule has 0 bridgehead atoms. The van der Waals surface area contributed by atoms with Gasteiger partial charge in [-0.3, -0.25) is 4.98 Å². The zero-order chi connectivity index (χ0) is 14.9. The number of hydrogen-bond acceptors (Lipinski definition) is 4. The van der Waals surface area contributed by atoms with Crippen LogP contribution in [0.5, 0.6) is 0 Å². The topological polar surface area (TPSA) is 56.0 Å². The molecule has 4 aromatic rings. The van der Waals surface area contributed by atoms with Crippen molar-refractivity contribution in [1.82, 2.24) is 24.6 Å². The van der Waals surface area contributed by atoms with Crippen LogP contribution in [0.25, 0.3) is 28.4 Å². The van der Waals surface area contributed by atoms with E-state index >= 15 is 0 Å². The molecular formula is C17H13N5. The fourth-order valence-electron chi connectivity index (χ4n) is 2.35. The maximum absolute atomic E-state index is 4.58. The Bertz CT molecular complexity index is 926. The predicted octanol–water partition coefficient (Wildman–Crippen LogP) is 3.16. The Hall–Kier alpha value is -3.08. The lowest BCUT2D eigenvalue weighted by atomic mass is 10.1. The zero-order valence-electron chi connectivity index (χ0n) is 12.0. The number of benzene rings is 1. The number of pyridine rings is 1. The molecule has 3 heterocycles. The molecule has 0 unspecified atom stereocenters. The second-order valence-electron chi connectivity index (χ2n) is 5.09. The maximum Gasteiger partial charge on any atom is 0.253 e. The third-order valence-corrected chi connectivity index (χ3v) is 3.51. The molecule has 4 rings (SSSR count). The van der Waals surface area contributed by atoms with Crippen molar-refractivity contribution in [2.45, 2.75) is 6.92 Å². The molecule has 0 saturated heterocycles. The Balaban J connectivity index is 1.90. The van der Waals surface area contributed by atoms with Crippen LogP contribution in [0.4, 0.5) is 0 Å². The Morgan fingerprint density at radius 2 is 1.77 bits per heavy atom. The SMILES string of the molecule is Cc1ccc(-c2ccnc3nc(-c4cccnc4)nn23)cc1. The predicted molar refractivity (Wildman–Crippen MR) is 84.2 cm³/mol. The van der Waals surface area contributed by atoms with E-state index in [9.17, 15) is 0 Å². The lowest BCUT2D eigenvalue weighted by Gasteiger charge is -2.03. The summed E-state index contributed by atoms with van der Waals surface area (Å²) in [5, 5.41) is 4.58. The summed E-state index contributed by atoms with van der Waals surface area (Å²) in [4.78, 5) is 12.9. The van der Waals surface area contributed by atoms with Crippen LogP contribution < -0.4 is 0 Å². The van der Waals surface area contributed by atoms with Gasteiger partial charge in [-0.25, -0.2) is 4.98 Å². The van der Waals surface area contributed by atoms with Gasteiger partial charge in [0, 0.05) is 29.7 Å². The lowest BCUT2D eigenvalue weighted by molar-refractivity contribution is 0.950. The first kappa shape index (κ1) is 12.6. The molecule has 1 aromatic carbocycles. The average Bonchev–Trinajstić information content (AvgIpc) is 3.01. The Labute approximate surface area is 127 Å². The minimum Gasteiger partial charge on any atom is -0.264 e. The van der Waals surface area contributed by atoms with Gasteiger partial charge in [-0.15, -0.1) is 5.10 Å². The van der Waals surface area contributed by atoms with Crippen molar-refractivity contribution in [2.75, 3.05) is 0 Å². The first-order valence-corrected chi connectivity index (χ1v) is 7.00. The number of aryl methyl sites for hydroxylation is 1. The normalized spacial score (nSPS) is 11.0. The van der Waals surface area contributed by atoms with Gasteiger partial charge in [-0.1, -0.05) is 29.8 Å². The molecule has 0 N–H and O–H groups in total. The summed E-state index contributed by atoms with van der Waals surface area (Å²) in [7, 11) is 0. The van der Waals surface area contributed by atoms with E-state index in [2.05, 4.69) is 51.2 Å². The quantitative estimate of drug-likeness (QED) is 0.568. The molecule has 0 radical (unpaired) electrons. The van der Waals surface area contributed by atoms with Crippen LogP contribution in [0.1, 0.15) is 5.56 Å². The first-order valence-electron chi connectivity index (χ1n) is 7.00. The Morgan fingerprint density at radius 1 is 0.909 bits per heavy atom. The minimum atomic E-state index is 0.580. The molecular weight excluding hydrogens is 274 g/mol. The number of aromatic nitrogens is 5. The molecule has 0 aliphatic rings. The van der Waals surface area contributed by atoms with Crippen molar-refractivity contribution in [3.8, 4) is 22.6 Å². The van der Waals surface area contributed by atoms with Gasteiger partial charge in [0.25, 0.3) is 5.78 Å². The van der Waals surface area contributed by atoms with E-state index in [-0.39, 0.29) is 0 Å². The van der Waals surface area contributed by atoms with Crippen molar-refractivity contribution in [3.63, 3.8) is 0 Å². The highest BCUT2D eigenvalue weighted by Gasteiger charge is 2.11. The summed E-state index contributed by atoms with van der Waals surface area (Å²) in [6.07, 6.45) is 5.24. The highest BCUT2D eigenvalue weighted by Crippen LogP contribution is 2.21. The number of rotatable bonds is 2. The van der Waals surface area contributed by atoms with Crippen LogP contribution in [-0.4, -0.2) is 24.6 Å². The molecule has 5 nitrogen and oxygen atoms in total. The van der Waals surface area contributed by atoms with E-state index in [0.29, 0.717) is 11.6 Å². The van der Waals surface area contributed by atoms with Gasteiger partial charge in [-0.2, -0.15) is 9.50 Å². The van der Waals surface area contributed by atoms with Gasteiger partial charge in [0.2, 0.25) is 0 Å². The van der Waals surface area contributed by atoms with Gasteiger partial charge < -0.3 is 0 Å². The first-order chi connectivity index (χ1) is 10.8. The Morgan fingerprint density at radius 3 is 2.55 bits per heavy atom. The average molecular weight is 287 g/mol. The summed E-state index contributed by atoms with van der Waals surface area (Å²) in [5.74, 6) is 1.21. The molecule has 106 valence electrons. The number of hydrogen-bond donors (Lipinski definition) is 0. The van der Waals surface area contributed by atoms with E-state index in [1.807, 2.05) is 18.2 Å². The van der Waals surface area contributed by atoms with E-state index in [0.717, 1.165) is 16.8 Å². The molecule has 5 heteroatoms. The van der Waals surface area contributed by atoms with Gasteiger partial charge in [0.15, 0.2) is 5.82 Å². The van der Waals surface area contributed by atoms with Crippen LogP contribution in [0, 0.1) is 6.92 Å². The van der Waals surface area contributed by atoms with E-state index in [4.69, 9.17) is 0 Å². The van der Waals surface area contributed by atoms with Crippen LogP contribution in [0.15, 0.2) is 61.1 Å². The van der Waals surface area contributed by atoms with Crippen molar-refractivity contribution in [1.29, 1.82) is 0 Å². The second kappa shape index (κ2) is 5.04. The third-order valence-electron chi connectivity index (χ3n) is 3.51. The van der Waals surface area contributed by atoms with E-state index < -0.39 is 0 Å². The molecule has 0 saturated carbocycles. The van der Waals surface area contributed by atoms with E-state index in [1.54, 1.807) is 23.1 Å². The fourth-order valence-corrected chi connectivity index (χ4v) is 2.35. The smallest absolute Gasteiger partial charge is 0.253 e. The molecule has 3 aromatic heterocycles. The van der Waals surface area contributed by atoms with Gasteiger partial charge in [0.05, 0.1) is 5.69 Å². The molecule has 22 heavy (non-hydrogen) atoms. The highest BCUT2D eigenvalue weighted by atomic mass is 15.3. The molecule has 0 atom stereocenters. The van der Waals surface area contributed by atoms with Crippen LogP contribution in [0.2, 0.25) is 0 Å². The standard InChI is InChI=1S/C17H13N5/c1-12-4-6-13(7-5-12)15-8-10-19-17-20-16(21-22(15)17)14-3-2-9-18-11-14/h2-11H,1H3. The summed E-state index contributed by atoms with van der Waals surface area (Å²) in [6, 6.07) is 14.1. The number of nitrogens with zero attached hydrogens (tertiary/aromatic N) is 5. The third kappa shape index (κ3) is 2.13. The second-order valence-corrected chi connectivity index (χ2v) is 5.09. The molecule has 0 aliphatic heterocycles. The summed E-state index contributed by atoms with van der Waals surface area (Å²) >= 11 is 0. The summed E-state index contributed by atoms with van der Waals surface area (Å²) < 4.78 is 1.77. The van der Waals surface area contributed by atoms with Crippen molar-refractivity contribution >= 4 is 5.78 Å². The van der Waals surface area contributed by atoms with Crippen LogP contribution >= 0.6 is 0 Å². The monoisotopic (exact) mass is 287 g/mol. The summed E-state index contributed by atoms with van der Waals surface area (Å²) in [5.41, 5.74) is 4.15. The highest BCUT2D eigenvalue weighted by molar-refractivity contribution is 5.63. The van der Waals surface area contributed by atoms with Crippen molar-refractivity contribution < 1.29 is 0 Å². The van der Waals surface area contributed by atoms with Crippen molar-refractivity contribution in [2.24, 2.45) is 0 Å². The van der Waals surface area contributed by atoms with Crippen molar-refractivity contribution in [3.05, 3.63) is 66.6 Å². The largest absolute Gasteiger partial charge is 0.264 e. The Kier molecular flexibility index (Phi) is 2.89. The fraction of sp³-hybridized carbons (Fsp3) is 0.0588. The number of fused-ring (bicyclic) bond motifs is 1. The molecule has 0 amide bonds. The van der Waals surface area contributed by atoms with Crippen LogP contribution in [0.3, 0.4) is 0 Å². The van der Waals surface area contributed by atoms with Gasteiger partial charge in [0.1, 0.15) is 0 Å². The molecule has 0 fully saturated rings. The van der Waals surface area contributed by atoms with Crippen LogP contribution in [-0.2, 0) is 0 Å². The lowest BCUT2D eigenvalue weighted by Crippen LogP contribution is -1.95. The summed E-state index contributed by atoms with van der Waals surface area (Å²) in [6.45, 7) is 2.07. The van der Waals surface area contributed by atoms with Gasteiger partial charge >= 0.3 is 0 Å². The maximum atomic E-state index is 4.58. The zero-order valence-corrected chi connectivity index (χ0v) is 12.0. The molecule has 0 spiro atoms. The van der Waals surface area contributed by atoms with E-state index in [1.165, 1.54) is 5.56 Å². The van der Waals surface area contributed by atoms with Gasteiger partial charge in [-0.05, 0) is 25.1 Å². The molecule has 0 aliphatic carbocycles.